The third kappa shape index (κ3) is 4.88. The van der Waals surface area contributed by atoms with E-state index in [-0.39, 0.29) is 0 Å². The van der Waals surface area contributed by atoms with Crippen molar-refractivity contribution in [3.63, 3.8) is 0 Å². The Bertz CT molecular complexity index is 287. The van der Waals surface area contributed by atoms with Gasteiger partial charge >= 0.3 is 0 Å². The number of hydrogen-bond acceptors (Lipinski definition) is 3. The summed E-state index contributed by atoms with van der Waals surface area (Å²) in [5.41, 5.74) is 0. The van der Waals surface area contributed by atoms with Crippen LogP contribution in [0.15, 0.2) is 12.2 Å². The topological polar surface area (TPSA) is 83.9 Å². The number of sulfonamides is 1. The van der Waals surface area contributed by atoms with Gasteiger partial charge in [-0.05, 0) is 19.8 Å². The molecule has 5 heteroatoms. The Morgan fingerprint density at radius 1 is 1.67 bits per heavy atom. The molecule has 0 aliphatic carbocycles. The van der Waals surface area contributed by atoms with E-state index in [2.05, 4.69) is 0 Å². The Morgan fingerprint density at radius 2 is 2.25 bits per heavy atom. The third-order valence-electron chi connectivity index (χ3n) is 1.49. The van der Waals surface area contributed by atoms with Crippen molar-refractivity contribution in [2.75, 3.05) is 0 Å². The van der Waals surface area contributed by atoms with Gasteiger partial charge in [0.2, 0.25) is 10.0 Å². The quantitative estimate of drug-likeness (QED) is 0.653. The summed E-state index contributed by atoms with van der Waals surface area (Å²) in [4.78, 5) is 0. The normalized spacial score (nSPS) is 14.4. The highest BCUT2D eigenvalue weighted by Crippen LogP contribution is 2.04. The number of nitrogens with two attached hydrogens (primary N) is 1. The van der Waals surface area contributed by atoms with Crippen LogP contribution in [0, 0.1) is 11.3 Å². The maximum atomic E-state index is 10.7. The van der Waals surface area contributed by atoms with E-state index in [9.17, 15) is 8.42 Å². The maximum absolute atomic E-state index is 10.7. The fourth-order valence-corrected chi connectivity index (χ4v) is 1.10. The summed E-state index contributed by atoms with van der Waals surface area (Å²) in [7, 11) is -3.41. The average Bonchev–Trinajstić information content (AvgIpc) is 1.96. The van der Waals surface area contributed by atoms with Gasteiger partial charge in [-0.2, -0.15) is 5.26 Å². The molecule has 68 valence electrons. The zero-order valence-electron chi connectivity index (χ0n) is 6.90. The van der Waals surface area contributed by atoms with E-state index in [0.29, 0.717) is 12.8 Å². The average molecular weight is 188 g/mol. The molecule has 0 radical (unpaired) electrons. The molecule has 2 N–H and O–H groups in total. The molecule has 0 aromatic rings. The Labute approximate surface area is 72.7 Å². The first-order chi connectivity index (χ1) is 5.48. The Balaban J connectivity index is 3.83. The summed E-state index contributed by atoms with van der Waals surface area (Å²) >= 11 is 0. The van der Waals surface area contributed by atoms with Crippen LogP contribution in [-0.4, -0.2) is 13.7 Å². The Morgan fingerprint density at radius 3 is 2.67 bits per heavy atom. The van der Waals surface area contributed by atoms with Crippen LogP contribution in [-0.2, 0) is 10.0 Å². The van der Waals surface area contributed by atoms with Crippen molar-refractivity contribution >= 4 is 10.0 Å². The zero-order chi connectivity index (χ0) is 9.61. The number of rotatable bonds is 4. The predicted octanol–water partition coefficient (Wildman–Crippen LogP) is 0.523. The molecule has 0 saturated heterocycles. The van der Waals surface area contributed by atoms with Crippen molar-refractivity contribution in [1.29, 1.82) is 5.26 Å². The molecule has 1 atom stereocenters. The summed E-state index contributed by atoms with van der Waals surface area (Å²) < 4.78 is 21.4. The van der Waals surface area contributed by atoms with Crippen molar-refractivity contribution in [2.24, 2.45) is 5.14 Å². The molecule has 0 heterocycles. The number of nitrogens with zero attached hydrogens (tertiary/aromatic N) is 1. The monoisotopic (exact) mass is 188 g/mol. The molecule has 0 saturated carbocycles. The number of primary sulfonamides is 1. The SMILES string of the molecule is C[C@@H](CCC=CC#N)S(N)(=O)=O. The lowest BCUT2D eigenvalue weighted by Crippen LogP contribution is -2.25. The molecule has 0 amide bonds. The smallest absolute Gasteiger partial charge is 0.211 e. The lowest BCUT2D eigenvalue weighted by molar-refractivity contribution is 0.580. The fraction of sp³-hybridized carbons (Fsp3) is 0.571. The van der Waals surface area contributed by atoms with E-state index in [0.717, 1.165) is 0 Å². The standard InChI is InChI=1S/C7H12N2O2S/c1-7(12(9,10)11)5-3-2-4-6-8/h2,4,7H,3,5H2,1H3,(H2,9,10,11)/t7-/m0/s1. The summed E-state index contributed by atoms with van der Waals surface area (Å²) in [6.07, 6.45) is 3.97. The lowest BCUT2D eigenvalue weighted by atomic mass is 10.2. The second-order valence-corrected chi connectivity index (χ2v) is 4.49. The van der Waals surface area contributed by atoms with Crippen LogP contribution in [0.3, 0.4) is 0 Å². The molecule has 0 unspecified atom stereocenters. The van der Waals surface area contributed by atoms with Crippen LogP contribution in [0.2, 0.25) is 0 Å². The molecule has 0 aliphatic heterocycles. The van der Waals surface area contributed by atoms with Gasteiger partial charge in [-0.15, -0.1) is 0 Å². The molecular formula is C7H12N2O2S. The fourth-order valence-electron chi connectivity index (χ4n) is 0.631. The molecule has 12 heavy (non-hydrogen) atoms. The maximum Gasteiger partial charge on any atom is 0.211 e. The van der Waals surface area contributed by atoms with E-state index in [1.54, 1.807) is 13.0 Å². The minimum atomic E-state index is -3.41. The van der Waals surface area contributed by atoms with E-state index >= 15 is 0 Å². The van der Waals surface area contributed by atoms with Crippen LogP contribution < -0.4 is 5.14 Å². The van der Waals surface area contributed by atoms with Gasteiger partial charge in [0, 0.05) is 6.08 Å². The Kier molecular flexibility index (Phi) is 4.55. The highest BCUT2D eigenvalue weighted by molar-refractivity contribution is 7.89. The molecule has 0 bridgehead atoms. The number of nitriles is 1. The first-order valence-corrected chi connectivity index (χ1v) is 5.15. The van der Waals surface area contributed by atoms with Crippen molar-refractivity contribution in [1.82, 2.24) is 0 Å². The third-order valence-corrected chi connectivity index (χ3v) is 2.85. The van der Waals surface area contributed by atoms with Crippen LogP contribution in [0.25, 0.3) is 0 Å². The van der Waals surface area contributed by atoms with Gasteiger partial charge in [0.05, 0.1) is 11.3 Å². The predicted molar refractivity (Wildman–Crippen MR) is 46.6 cm³/mol. The van der Waals surface area contributed by atoms with Gasteiger partial charge in [-0.3, -0.25) is 0 Å². The highest BCUT2D eigenvalue weighted by Gasteiger charge is 2.13. The van der Waals surface area contributed by atoms with Crippen molar-refractivity contribution in [2.45, 2.75) is 25.0 Å². The molecule has 0 aromatic carbocycles. The van der Waals surface area contributed by atoms with Crippen LogP contribution in [0.4, 0.5) is 0 Å². The second kappa shape index (κ2) is 4.91. The van der Waals surface area contributed by atoms with E-state index < -0.39 is 15.3 Å². The van der Waals surface area contributed by atoms with Crippen LogP contribution in [0.1, 0.15) is 19.8 Å². The van der Waals surface area contributed by atoms with Crippen LogP contribution >= 0.6 is 0 Å². The molecule has 0 fully saturated rings. The van der Waals surface area contributed by atoms with Gasteiger partial charge in [-0.1, -0.05) is 6.08 Å². The molecule has 4 nitrogen and oxygen atoms in total. The molecular weight excluding hydrogens is 176 g/mol. The largest absolute Gasteiger partial charge is 0.228 e. The summed E-state index contributed by atoms with van der Waals surface area (Å²) in [5, 5.41) is 12.4. The Hall–Kier alpha value is -0.860. The number of allylic oxidation sites excluding steroid dienone is 2. The van der Waals surface area contributed by atoms with Crippen molar-refractivity contribution in [3.8, 4) is 6.07 Å². The highest BCUT2D eigenvalue weighted by atomic mass is 32.2. The van der Waals surface area contributed by atoms with Gasteiger partial charge in [0.25, 0.3) is 0 Å². The summed E-state index contributed by atoms with van der Waals surface area (Å²) in [6.45, 7) is 1.55. The lowest BCUT2D eigenvalue weighted by Gasteiger charge is -2.05. The molecule has 0 rings (SSSR count). The van der Waals surface area contributed by atoms with E-state index in [1.807, 2.05) is 6.07 Å². The van der Waals surface area contributed by atoms with E-state index in [1.165, 1.54) is 6.08 Å². The minimum Gasteiger partial charge on any atom is -0.228 e. The second-order valence-electron chi connectivity index (χ2n) is 2.51. The summed E-state index contributed by atoms with van der Waals surface area (Å²) in [5.74, 6) is 0. The molecule has 0 aromatic heterocycles. The number of hydrogen-bond donors (Lipinski definition) is 1. The van der Waals surface area contributed by atoms with Crippen LogP contribution in [0.5, 0.6) is 0 Å². The van der Waals surface area contributed by atoms with Gasteiger partial charge < -0.3 is 0 Å². The first kappa shape index (κ1) is 11.1. The minimum absolute atomic E-state index is 0.455. The molecule has 0 aliphatic rings. The van der Waals surface area contributed by atoms with Gasteiger partial charge in [-0.25, -0.2) is 13.6 Å². The van der Waals surface area contributed by atoms with Gasteiger partial charge in [0.15, 0.2) is 0 Å². The van der Waals surface area contributed by atoms with Gasteiger partial charge in [0.1, 0.15) is 0 Å². The van der Waals surface area contributed by atoms with Crippen molar-refractivity contribution < 1.29 is 8.42 Å². The van der Waals surface area contributed by atoms with E-state index in [4.69, 9.17) is 10.4 Å². The zero-order valence-corrected chi connectivity index (χ0v) is 7.71. The van der Waals surface area contributed by atoms with Crippen molar-refractivity contribution in [3.05, 3.63) is 12.2 Å². The first-order valence-electron chi connectivity index (χ1n) is 3.54. The summed E-state index contributed by atoms with van der Waals surface area (Å²) in [6, 6.07) is 1.82. The molecule has 0 spiro atoms.